The van der Waals surface area contributed by atoms with Gasteiger partial charge in [-0.15, -0.1) is 0 Å². The zero-order valence-corrected chi connectivity index (χ0v) is 20.6. The van der Waals surface area contributed by atoms with Crippen molar-refractivity contribution in [3.05, 3.63) is 71.8 Å². The average Bonchev–Trinajstić information content (AvgIpc) is 2.76. The zero-order chi connectivity index (χ0) is 22.2. The second-order valence-corrected chi connectivity index (χ2v) is 8.99. The maximum atomic E-state index is 9.11. The van der Waals surface area contributed by atoms with Crippen LogP contribution >= 0.6 is 15.9 Å². The third-order valence-electron chi connectivity index (χ3n) is 5.21. The summed E-state index contributed by atoms with van der Waals surface area (Å²) < 4.78 is 11.3. The lowest BCUT2D eigenvalue weighted by Crippen LogP contribution is -2.19. The summed E-state index contributed by atoms with van der Waals surface area (Å²) in [6.07, 6.45) is 0. The molecule has 0 amide bonds. The molecule has 0 aliphatic rings. The average molecular weight is 479 g/mol. The van der Waals surface area contributed by atoms with Gasteiger partial charge in [-0.25, -0.2) is 0 Å². The highest BCUT2D eigenvalue weighted by molar-refractivity contribution is 9.09. The molecule has 0 unspecified atom stereocenters. The quantitative estimate of drug-likeness (QED) is 0.361. The first-order valence-electron chi connectivity index (χ1n) is 10.9. The molecule has 168 valence electrons. The molecule has 0 aliphatic heterocycles. The molecule has 0 aliphatic carbocycles. The van der Waals surface area contributed by atoms with Crippen molar-refractivity contribution in [1.29, 1.82) is 0 Å². The molecule has 0 radical (unpaired) electrons. The summed E-state index contributed by atoms with van der Waals surface area (Å²) in [6, 6.07) is 20.4. The predicted octanol–water partition coefficient (Wildman–Crippen LogP) is 6.34. The molecule has 0 aromatic heterocycles. The first-order valence-corrected chi connectivity index (χ1v) is 12.0. The van der Waals surface area contributed by atoms with Crippen LogP contribution in [-0.4, -0.2) is 30.3 Å². The van der Waals surface area contributed by atoms with Crippen molar-refractivity contribution in [2.45, 2.75) is 40.9 Å². The summed E-state index contributed by atoms with van der Waals surface area (Å²) in [5.74, 6) is 1.98. The van der Waals surface area contributed by atoms with E-state index < -0.39 is 0 Å². The summed E-state index contributed by atoms with van der Waals surface area (Å²) in [4.78, 5) is 0. The minimum atomic E-state index is 0.201. The van der Waals surface area contributed by atoms with E-state index in [4.69, 9.17) is 14.6 Å². The summed E-state index contributed by atoms with van der Waals surface area (Å²) in [5, 5.41) is 10.1. The standard InChI is InChI=1S/C13H19BrO.C13H20O2/c2*1-11(2)13(8-14)10-15-9-12-6-4-3-5-7-12/h3-7,11,13H,8-10H2,1-2H3;3-7,11,13-14H,8-10H2,1-2H3/t2*13-/m11/s1. The highest BCUT2D eigenvalue weighted by Gasteiger charge is 2.12. The molecule has 30 heavy (non-hydrogen) atoms. The third kappa shape index (κ3) is 11.8. The highest BCUT2D eigenvalue weighted by Crippen LogP contribution is 2.15. The zero-order valence-electron chi connectivity index (χ0n) is 19.0. The Morgan fingerprint density at radius 3 is 1.43 bits per heavy atom. The van der Waals surface area contributed by atoms with Gasteiger partial charge in [0.1, 0.15) is 0 Å². The van der Waals surface area contributed by atoms with E-state index in [9.17, 15) is 0 Å². The van der Waals surface area contributed by atoms with E-state index in [-0.39, 0.29) is 12.5 Å². The van der Waals surface area contributed by atoms with Crippen molar-refractivity contribution in [1.82, 2.24) is 0 Å². The van der Waals surface area contributed by atoms with Crippen molar-refractivity contribution >= 4 is 15.9 Å². The van der Waals surface area contributed by atoms with Crippen molar-refractivity contribution in [3.8, 4) is 0 Å². The van der Waals surface area contributed by atoms with Gasteiger partial charge in [0.05, 0.1) is 26.4 Å². The molecule has 1 N–H and O–H groups in total. The molecule has 0 fully saturated rings. The monoisotopic (exact) mass is 478 g/mol. The number of benzene rings is 2. The topological polar surface area (TPSA) is 38.7 Å². The van der Waals surface area contributed by atoms with E-state index in [0.717, 1.165) is 18.5 Å². The Bertz CT molecular complexity index is 574. The predicted molar refractivity (Wildman–Crippen MR) is 130 cm³/mol. The molecule has 2 aromatic rings. The van der Waals surface area contributed by atoms with Crippen LogP contribution in [-0.2, 0) is 22.7 Å². The van der Waals surface area contributed by atoms with Crippen LogP contribution in [0.25, 0.3) is 0 Å². The molecule has 2 atom stereocenters. The van der Waals surface area contributed by atoms with Gasteiger partial charge in [0.25, 0.3) is 0 Å². The summed E-state index contributed by atoms with van der Waals surface area (Å²) in [7, 11) is 0. The van der Waals surface area contributed by atoms with Gasteiger partial charge < -0.3 is 14.6 Å². The third-order valence-corrected chi connectivity index (χ3v) is 6.04. The largest absolute Gasteiger partial charge is 0.396 e. The van der Waals surface area contributed by atoms with Crippen LogP contribution in [0, 0.1) is 23.7 Å². The number of halogens is 1. The summed E-state index contributed by atoms with van der Waals surface area (Å²) in [5.41, 5.74) is 2.42. The number of alkyl halides is 1. The molecule has 0 saturated heterocycles. The highest BCUT2D eigenvalue weighted by atomic mass is 79.9. The second-order valence-electron chi connectivity index (χ2n) is 8.35. The number of aliphatic hydroxyl groups is 1. The van der Waals surface area contributed by atoms with Gasteiger partial charge in [0, 0.05) is 17.9 Å². The Hall–Kier alpha value is -1.20. The van der Waals surface area contributed by atoms with E-state index in [2.05, 4.69) is 55.8 Å². The number of hydrogen-bond acceptors (Lipinski definition) is 3. The minimum absolute atomic E-state index is 0.201. The van der Waals surface area contributed by atoms with Crippen LogP contribution in [0.15, 0.2) is 60.7 Å². The first-order chi connectivity index (χ1) is 14.5. The van der Waals surface area contributed by atoms with Crippen LogP contribution < -0.4 is 0 Å². The van der Waals surface area contributed by atoms with Crippen LogP contribution in [0.3, 0.4) is 0 Å². The molecular weight excluding hydrogens is 440 g/mol. The Labute approximate surface area is 191 Å². The fraction of sp³-hybridized carbons (Fsp3) is 0.538. The Morgan fingerprint density at radius 1 is 0.700 bits per heavy atom. The number of aliphatic hydroxyl groups excluding tert-OH is 1. The molecule has 3 nitrogen and oxygen atoms in total. The second kappa shape index (κ2) is 16.5. The van der Waals surface area contributed by atoms with Crippen LogP contribution in [0.4, 0.5) is 0 Å². The molecule has 4 heteroatoms. The van der Waals surface area contributed by atoms with Gasteiger partial charge in [-0.2, -0.15) is 0 Å². The number of rotatable bonds is 12. The molecular formula is C26H39BrO3. The van der Waals surface area contributed by atoms with Crippen molar-refractivity contribution < 1.29 is 14.6 Å². The first kappa shape index (κ1) is 26.8. The maximum Gasteiger partial charge on any atom is 0.0717 e. The number of ether oxygens (including phenoxy) is 2. The van der Waals surface area contributed by atoms with E-state index >= 15 is 0 Å². The lowest BCUT2D eigenvalue weighted by Gasteiger charge is -2.17. The summed E-state index contributed by atoms with van der Waals surface area (Å²) >= 11 is 3.52. The molecule has 2 aromatic carbocycles. The molecule has 0 spiro atoms. The van der Waals surface area contributed by atoms with E-state index in [0.29, 0.717) is 31.0 Å². The van der Waals surface area contributed by atoms with E-state index in [1.807, 2.05) is 48.5 Å². The maximum absolute atomic E-state index is 9.11. The smallest absolute Gasteiger partial charge is 0.0717 e. The normalized spacial score (nSPS) is 13.1. The fourth-order valence-corrected chi connectivity index (χ4v) is 3.61. The van der Waals surface area contributed by atoms with Crippen molar-refractivity contribution in [3.63, 3.8) is 0 Å². The molecule has 0 bridgehead atoms. The van der Waals surface area contributed by atoms with Crippen molar-refractivity contribution in [2.24, 2.45) is 23.7 Å². The Balaban J connectivity index is 0.000000300. The van der Waals surface area contributed by atoms with Gasteiger partial charge in [-0.1, -0.05) is 104 Å². The molecule has 0 saturated carbocycles. The van der Waals surface area contributed by atoms with Gasteiger partial charge in [-0.3, -0.25) is 0 Å². The summed E-state index contributed by atoms with van der Waals surface area (Å²) in [6.45, 7) is 11.7. The van der Waals surface area contributed by atoms with Crippen LogP contribution in [0.5, 0.6) is 0 Å². The minimum Gasteiger partial charge on any atom is -0.396 e. The Kier molecular flexibility index (Phi) is 14.7. The number of hydrogen-bond donors (Lipinski definition) is 1. The van der Waals surface area contributed by atoms with Crippen LogP contribution in [0.2, 0.25) is 0 Å². The fourth-order valence-electron chi connectivity index (χ4n) is 2.68. The van der Waals surface area contributed by atoms with E-state index in [1.165, 1.54) is 11.1 Å². The van der Waals surface area contributed by atoms with Crippen LogP contribution in [0.1, 0.15) is 38.8 Å². The SMILES string of the molecule is CC(C)[C@H](CBr)COCc1ccccc1.CC(C)[C@H](CO)COCc1ccccc1. The van der Waals surface area contributed by atoms with Gasteiger partial charge in [0.2, 0.25) is 0 Å². The Morgan fingerprint density at radius 2 is 1.10 bits per heavy atom. The van der Waals surface area contributed by atoms with Gasteiger partial charge in [-0.05, 0) is 28.9 Å². The van der Waals surface area contributed by atoms with Gasteiger partial charge in [0.15, 0.2) is 0 Å². The molecule has 0 heterocycles. The van der Waals surface area contributed by atoms with Gasteiger partial charge >= 0.3 is 0 Å². The molecule has 2 rings (SSSR count). The lowest BCUT2D eigenvalue weighted by atomic mass is 9.98. The van der Waals surface area contributed by atoms with Crippen molar-refractivity contribution in [2.75, 3.05) is 25.2 Å². The lowest BCUT2D eigenvalue weighted by molar-refractivity contribution is 0.0448. The van der Waals surface area contributed by atoms with E-state index in [1.54, 1.807) is 0 Å².